The van der Waals surface area contributed by atoms with Crippen LogP contribution >= 0.6 is 0 Å². The van der Waals surface area contributed by atoms with E-state index in [1.54, 1.807) is 0 Å². The van der Waals surface area contributed by atoms with Gasteiger partial charge in [-0.15, -0.1) is 0 Å². The van der Waals surface area contributed by atoms with E-state index in [-0.39, 0.29) is 12.0 Å². The molecule has 0 aliphatic rings. The summed E-state index contributed by atoms with van der Waals surface area (Å²) in [5, 5.41) is 5.51. The van der Waals surface area contributed by atoms with Gasteiger partial charge in [-0.05, 0) is 67.1 Å². The minimum Gasteiger partial charge on any atom is -0.491 e. The highest BCUT2D eigenvalue weighted by Crippen LogP contribution is 2.19. The lowest BCUT2D eigenvalue weighted by atomic mass is 10.0. The zero-order chi connectivity index (χ0) is 19.8. The van der Waals surface area contributed by atoms with Crippen molar-refractivity contribution < 1.29 is 9.53 Å². The third-order valence-electron chi connectivity index (χ3n) is 4.74. The van der Waals surface area contributed by atoms with Gasteiger partial charge in [-0.2, -0.15) is 0 Å². The number of fused-ring (bicyclic) bond motifs is 1. The summed E-state index contributed by atoms with van der Waals surface area (Å²) in [6.45, 7) is 4.75. The molecule has 0 atom stereocenters. The van der Waals surface area contributed by atoms with Crippen LogP contribution in [-0.2, 0) is 17.6 Å². The summed E-state index contributed by atoms with van der Waals surface area (Å²) in [4.78, 5) is 12.2. The first-order valence-corrected chi connectivity index (χ1v) is 10.1. The first-order valence-electron chi connectivity index (χ1n) is 10.1. The van der Waals surface area contributed by atoms with E-state index < -0.39 is 0 Å². The first kappa shape index (κ1) is 19.9. The number of carbonyl (C=O) groups is 1. The highest BCUT2D eigenvalue weighted by atomic mass is 16.5. The Morgan fingerprint density at radius 2 is 1.75 bits per heavy atom. The van der Waals surface area contributed by atoms with Crippen LogP contribution < -0.4 is 10.1 Å². The van der Waals surface area contributed by atoms with Gasteiger partial charge >= 0.3 is 0 Å². The van der Waals surface area contributed by atoms with Gasteiger partial charge in [0.25, 0.3) is 0 Å². The van der Waals surface area contributed by atoms with Crippen LogP contribution in [0, 0.1) is 0 Å². The molecule has 0 aliphatic carbocycles. The monoisotopic (exact) mass is 375 g/mol. The number of hydrogen-bond acceptors (Lipinski definition) is 2. The molecule has 3 rings (SSSR count). The Morgan fingerprint density at radius 1 is 0.964 bits per heavy atom. The molecule has 0 fully saturated rings. The topological polar surface area (TPSA) is 38.3 Å². The van der Waals surface area contributed by atoms with E-state index in [0.29, 0.717) is 13.0 Å². The van der Waals surface area contributed by atoms with Gasteiger partial charge in [-0.3, -0.25) is 4.79 Å². The second-order valence-corrected chi connectivity index (χ2v) is 7.41. The van der Waals surface area contributed by atoms with Crippen molar-refractivity contribution in [1.29, 1.82) is 0 Å². The third kappa shape index (κ3) is 5.85. The summed E-state index contributed by atoms with van der Waals surface area (Å²) >= 11 is 0. The molecule has 146 valence electrons. The summed E-state index contributed by atoms with van der Waals surface area (Å²) in [6, 6.07) is 22.8. The van der Waals surface area contributed by atoms with Gasteiger partial charge in [-0.1, -0.05) is 54.6 Å². The molecule has 0 saturated carbocycles. The molecule has 3 nitrogen and oxygen atoms in total. The maximum Gasteiger partial charge on any atom is 0.220 e. The van der Waals surface area contributed by atoms with Crippen LogP contribution in [0.5, 0.6) is 5.75 Å². The Hall–Kier alpha value is -2.81. The van der Waals surface area contributed by atoms with Gasteiger partial charge in [0.1, 0.15) is 5.75 Å². The molecule has 0 aliphatic heterocycles. The van der Waals surface area contributed by atoms with Gasteiger partial charge in [0.05, 0.1) is 6.10 Å². The molecule has 0 heterocycles. The van der Waals surface area contributed by atoms with Gasteiger partial charge in [-0.25, -0.2) is 0 Å². The molecular weight excluding hydrogens is 346 g/mol. The third-order valence-corrected chi connectivity index (χ3v) is 4.74. The van der Waals surface area contributed by atoms with Gasteiger partial charge in [0, 0.05) is 13.0 Å². The van der Waals surface area contributed by atoms with E-state index in [0.717, 1.165) is 25.0 Å². The highest BCUT2D eigenvalue weighted by Gasteiger charge is 2.05. The lowest BCUT2D eigenvalue weighted by Crippen LogP contribution is -2.25. The van der Waals surface area contributed by atoms with Crippen molar-refractivity contribution in [3.63, 3.8) is 0 Å². The van der Waals surface area contributed by atoms with E-state index in [1.165, 1.54) is 21.9 Å². The van der Waals surface area contributed by atoms with Gasteiger partial charge < -0.3 is 10.1 Å². The molecule has 3 heteroatoms. The van der Waals surface area contributed by atoms with Crippen LogP contribution in [0.3, 0.4) is 0 Å². The lowest BCUT2D eigenvalue weighted by molar-refractivity contribution is -0.121. The van der Waals surface area contributed by atoms with Crippen LogP contribution in [0.2, 0.25) is 0 Å². The van der Waals surface area contributed by atoms with Crippen molar-refractivity contribution in [2.24, 2.45) is 0 Å². The second-order valence-electron chi connectivity index (χ2n) is 7.41. The Balaban J connectivity index is 1.41. The quantitative estimate of drug-likeness (QED) is 0.515. The summed E-state index contributed by atoms with van der Waals surface area (Å²) in [7, 11) is 0. The molecule has 0 aromatic heterocycles. The number of carbonyl (C=O) groups excluding carboxylic acids is 1. The molecule has 0 radical (unpaired) electrons. The maximum absolute atomic E-state index is 12.2. The van der Waals surface area contributed by atoms with Gasteiger partial charge in [0.15, 0.2) is 0 Å². The predicted octanol–water partition coefficient (Wildman–Crippen LogP) is 5.31. The summed E-state index contributed by atoms with van der Waals surface area (Å²) in [5.41, 5.74) is 2.47. The number of aryl methyl sites for hydroxylation is 2. The Morgan fingerprint density at radius 3 is 2.61 bits per heavy atom. The van der Waals surface area contributed by atoms with Crippen molar-refractivity contribution in [1.82, 2.24) is 5.32 Å². The fraction of sp³-hybridized carbons (Fsp3) is 0.320. The molecular formula is C25H29NO2. The number of ether oxygens (including phenoxy) is 1. The SMILES string of the molecule is CC(C)Oc1cccc(CCCNC(=O)CCc2cccc3ccccc23)c1. The smallest absolute Gasteiger partial charge is 0.220 e. The molecule has 0 unspecified atom stereocenters. The molecule has 0 saturated heterocycles. The first-order chi connectivity index (χ1) is 13.6. The van der Waals surface area contributed by atoms with E-state index in [2.05, 4.69) is 47.8 Å². The number of rotatable bonds is 9. The van der Waals surface area contributed by atoms with E-state index >= 15 is 0 Å². The minimum absolute atomic E-state index is 0.116. The number of amides is 1. The molecule has 3 aromatic carbocycles. The van der Waals surface area contributed by atoms with E-state index in [9.17, 15) is 4.79 Å². The Bertz CT molecular complexity index is 912. The molecule has 0 bridgehead atoms. The van der Waals surface area contributed by atoms with E-state index in [1.807, 2.05) is 38.1 Å². The normalized spacial score (nSPS) is 11.0. The van der Waals surface area contributed by atoms with Crippen LogP contribution in [0.4, 0.5) is 0 Å². The van der Waals surface area contributed by atoms with E-state index in [4.69, 9.17) is 4.74 Å². The Kier molecular flexibility index (Phi) is 7.07. The zero-order valence-electron chi connectivity index (χ0n) is 16.8. The zero-order valence-corrected chi connectivity index (χ0v) is 16.8. The maximum atomic E-state index is 12.2. The van der Waals surface area contributed by atoms with Crippen LogP contribution in [0.25, 0.3) is 10.8 Å². The highest BCUT2D eigenvalue weighted by molar-refractivity contribution is 5.86. The van der Waals surface area contributed by atoms with Crippen molar-refractivity contribution in [3.8, 4) is 5.75 Å². The van der Waals surface area contributed by atoms with Crippen molar-refractivity contribution >= 4 is 16.7 Å². The molecule has 1 amide bonds. The summed E-state index contributed by atoms with van der Waals surface area (Å²) in [6.07, 6.45) is 3.31. The van der Waals surface area contributed by atoms with Gasteiger partial charge in [0.2, 0.25) is 5.91 Å². The Labute approximate surface area is 167 Å². The number of benzene rings is 3. The lowest BCUT2D eigenvalue weighted by Gasteiger charge is -2.11. The fourth-order valence-corrected chi connectivity index (χ4v) is 3.41. The van der Waals surface area contributed by atoms with Crippen LogP contribution in [0.15, 0.2) is 66.7 Å². The molecule has 28 heavy (non-hydrogen) atoms. The standard InChI is InChI=1S/C25H29NO2/c1-19(2)28-23-13-5-8-20(18-23)9-7-17-26-25(27)16-15-22-12-6-11-21-10-3-4-14-24(21)22/h3-6,8,10-14,18-19H,7,9,15-17H2,1-2H3,(H,26,27). The molecule has 3 aromatic rings. The van der Waals surface area contributed by atoms with Crippen LogP contribution in [0.1, 0.15) is 37.8 Å². The summed E-state index contributed by atoms with van der Waals surface area (Å²) in [5.74, 6) is 1.02. The number of nitrogens with one attached hydrogen (secondary N) is 1. The van der Waals surface area contributed by atoms with Crippen molar-refractivity contribution in [3.05, 3.63) is 77.9 Å². The second kappa shape index (κ2) is 9.93. The van der Waals surface area contributed by atoms with Crippen LogP contribution in [-0.4, -0.2) is 18.6 Å². The average molecular weight is 376 g/mol. The molecule has 1 N–H and O–H groups in total. The average Bonchev–Trinajstić information content (AvgIpc) is 2.69. The minimum atomic E-state index is 0.116. The fourth-order valence-electron chi connectivity index (χ4n) is 3.41. The largest absolute Gasteiger partial charge is 0.491 e. The summed E-state index contributed by atoms with van der Waals surface area (Å²) < 4.78 is 5.73. The predicted molar refractivity (Wildman–Crippen MR) is 116 cm³/mol. The van der Waals surface area contributed by atoms with Crippen molar-refractivity contribution in [2.45, 2.75) is 45.6 Å². The van der Waals surface area contributed by atoms with Crippen molar-refractivity contribution in [2.75, 3.05) is 6.54 Å². The number of hydrogen-bond donors (Lipinski definition) is 1. The molecule has 0 spiro atoms.